The van der Waals surface area contributed by atoms with Gasteiger partial charge in [-0.05, 0) is 92.2 Å². The summed E-state index contributed by atoms with van der Waals surface area (Å²) in [5.41, 5.74) is 11.4. The van der Waals surface area contributed by atoms with Crippen LogP contribution in [0.15, 0.2) is 29.3 Å². The van der Waals surface area contributed by atoms with Crippen molar-refractivity contribution in [1.29, 1.82) is 0 Å². The van der Waals surface area contributed by atoms with E-state index in [9.17, 15) is 19.5 Å². The molecule has 202 valence electrons. The number of aliphatic carboxylic acids is 1. The molecule has 1 unspecified atom stereocenters. The molecule has 37 heavy (non-hydrogen) atoms. The van der Waals surface area contributed by atoms with Gasteiger partial charge in [-0.15, -0.1) is 0 Å². The summed E-state index contributed by atoms with van der Waals surface area (Å²) >= 11 is 0. The number of nitrogens with one attached hydrogen (secondary N) is 1. The molecule has 4 saturated carbocycles. The number of guanidine groups is 1. The number of ether oxygens (including phenoxy) is 2. The van der Waals surface area contributed by atoms with Gasteiger partial charge < -0.3 is 31.4 Å². The highest BCUT2D eigenvalue weighted by Crippen LogP contribution is 2.61. The number of carboxylic acid groups (broad SMARTS) is 1. The van der Waals surface area contributed by atoms with Crippen LogP contribution in [0, 0.1) is 23.2 Å². The lowest BCUT2D eigenvalue weighted by Crippen LogP contribution is -2.47. The van der Waals surface area contributed by atoms with Gasteiger partial charge in [0.1, 0.15) is 11.8 Å². The van der Waals surface area contributed by atoms with Crippen LogP contribution in [0.5, 0.6) is 5.75 Å². The van der Waals surface area contributed by atoms with Gasteiger partial charge in [0, 0.05) is 12.8 Å². The molecule has 0 saturated heterocycles. The second kappa shape index (κ2) is 11.8. The molecule has 1 aromatic rings. The first kappa shape index (κ1) is 26.8. The van der Waals surface area contributed by atoms with E-state index in [1.807, 2.05) is 0 Å². The molecule has 4 aliphatic rings. The molecule has 4 bridgehead atoms. The maximum absolute atomic E-state index is 12.4. The average molecular weight is 515 g/mol. The predicted molar refractivity (Wildman–Crippen MR) is 137 cm³/mol. The lowest BCUT2D eigenvalue weighted by molar-refractivity contribution is -0.139. The molecule has 0 aromatic heterocycles. The van der Waals surface area contributed by atoms with Gasteiger partial charge in [-0.25, -0.2) is 9.59 Å². The topological polar surface area (TPSA) is 166 Å². The lowest BCUT2D eigenvalue weighted by atomic mass is 9.49. The van der Waals surface area contributed by atoms with Gasteiger partial charge in [0.25, 0.3) is 0 Å². The third kappa shape index (κ3) is 7.60. The zero-order chi connectivity index (χ0) is 26.4. The molecule has 6 N–H and O–H groups in total. The highest BCUT2D eigenvalue weighted by Gasteiger charge is 2.50. The zero-order valence-electron chi connectivity index (χ0n) is 21.2. The van der Waals surface area contributed by atoms with Crippen LogP contribution in [0.2, 0.25) is 0 Å². The summed E-state index contributed by atoms with van der Waals surface area (Å²) in [4.78, 5) is 39.0. The molecule has 0 heterocycles. The Balaban J connectivity index is 1.18. The summed E-state index contributed by atoms with van der Waals surface area (Å²) in [6, 6.07) is 5.83. The van der Waals surface area contributed by atoms with Crippen molar-refractivity contribution in [2.75, 3.05) is 13.2 Å². The predicted octanol–water partition coefficient (Wildman–Crippen LogP) is 2.97. The smallest absolute Gasteiger partial charge is 0.407 e. The summed E-state index contributed by atoms with van der Waals surface area (Å²) in [5, 5.41) is 12.1. The molecule has 4 fully saturated rings. The molecule has 1 atom stereocenters. The van der Waals surface area contributed by atoms with E-state index in [1.165, 1.54) is 38.5 Å². The Labute approximate surface area is 217 Å². The van der Waals surface area contributed by atoms with Gasteiger partial charge in [0.15, 0.2) is 5.96 Å². The number of benzene rings is 1. The average Bonchev–Trinajstić information content (AvgIpc) is 2.81. The summed E-state index contributed by atoms with van der Waals surface area (Å²) in [6.45, 7) is 0.632. The Morgan fingerprint density at radius 3 is 2.22 bits per heavy atom. The first-order chi connectivity index (χ1) is 17.7. The number of nitrogens with two attached hydrogens (primary N) is 2. The number of alkyl carbamates (subject to hydrolysis) is 1. The van der Waals surface area contributed by atoms with E-state index in [-0.39, 0.29) is 18.8 Å². The van der Waals surface area contributed by atoms with Crippen LogP contribution in [-0.4, -0.2) is 48.3 Å². The molecular weight excluding hydrogens is 476 g/mol. The highest BCUT2D eigenvalue weighted by atomic mass is 16.5. The van der Waals surface area contributed by atoms with Crippen LogP contribution in [0.4, 0.5) is 4.79 Å². The summed E-state index contributed by atoms with van der Waals surface area (Å²) in [7, 11) is 0. The van der Waals surface area contributed by atoms with E-state index in [2.05, 4.69) is 10.3 Å². The first-order valence-corrected chi connectivity index (χ1v) is 13.2. The maximum atomic E-state index is 12.4. The molecule has 5 rings (SSSR count). The van der Waals surface area contributed by atoms with Crippen molar-refractivity contribution >= 4 is 23.9 Å². The molecule has 0 aliphatic heterocycles. The van der Waals surface area contributed by atoms with Gasteiger partial charge in [0.05, 0.1) is 13.2 Å². The van der Waals surface area contributed by atoms with Crippen LogP contribution in [0.3, 0.4) is 0 Å². The minimum absolute atomic E-state index is 0.118. The molecule has 0 spiro atoms. The number of carbonyl (C=O) groups excluding carboxylic acids is 2. The van der Waals surface area contributed by atoms with Gasteiger partial charge in [-0.2, -0.15) is 4.99 Å². The Morgan fingerprint density at radius 2 is 1.65 bits per heavy atom. The third-order valence-electron chi connectivity index (χ3n) is 8.04. The Hall–Kier alpha value is -3.30. The normalized spacial score (nSPS) is 26.2. The number of carbonyl (C=O) groups is 3. The number of nitrogens with zero attached hydrogens (tertiary/aromatic N) is 1. The van der Waals surface area contributed by atoms with Gasteiger partial charge in [-0.1, -0.05) is 12.1 Å². The number of hydrogen-bond acceptors (Lipinski definition) is 5. The summed E-state index contributed by atoms with van der Waals surface area (Å²) in [6.07, 6.45) is 8.77. The largest absolute Gasteiger partial charge is 0.494 e. The minimum Gasteiger partial charge on any atom is -0.494 e. The molecule has 10 heteroatoms. The van der Waals surface area contributed by atoms with Crippen molar-refractivity contribution in [1.82, 2.24) is 5.32 Å². The molecule has 10 nitrogen and oxygen atoms in total. The van der Waals surface area contributed by atoms with Crippen LogP contribution < -0.4 is 21.5 Å². The van der Waals surface area contributed by atoms with Crippen LogP contribution in [0.25, 0.3) is 0 Å². The van der Waals surface area contributed by atoms with E-state index in [0.29, 0.717) is 30.8 Å². The van der Waals surface area contributed by atoms with Crippen molar-refractivity contribution in [3.05, 3.63) is 29.8 Å². The fraction of sp³-hybridized carbons (Fsp3) is 0.630. The van der Waals surface area contributed by atoms with Crippen molar-refractivity contribution in [2.45, 2.75) is 70.3 Å². The van der Waals surface area contributed by atoms with E-state index in [4.69, 9.17) is 20.9 Å². The zero-order valence-corrected chi connectivity index (χ0v) is 21.2. The fourth-order valence-corrected chi connectivity index (χ4v) is 6.91. The monoisotopic (exact) mass is 514 g/mol. The van der Waals surface area contributed by atoms with E-state index >= 15 is 0 Å². The van der Waals surface area contributed by atoms with E-state index in [1.54, 1.807) is 24.3 Å². The van der Waals surface area contributed by atoms with Crippen LogP contribution in [-0.2, 0) is 20.7 Å². The molecule has 4 aliphatic carbocycles. The van der Waals surface area contributed by atoms with Crippen LogP contribution in [0.1, 0.15) is 63.4 Å². The fourth-order valence-electron chi connectivity index (χ4n) is 6.91. The quantitative estimate of drug-likeness (QED) is 0.188. The molecule has 0 radical (unpaired) electrons. The first-order valence-electron chi connectivity index (χ1n) is 13.2. The van der Waals surface area contributed by atoms with E-state index in [0.717, 1.165) is 29.7 Å². The van der Waals surface area contributed by atoms with Crippen molar-refractivity contribution in [3.63, 3.8) is 0 Å². The maximum Gasteiger partial charge on any atom is 0.407 e. The van der Waals surface area contributed by atoms with Gasteiger partial charge in [0.2, 0.25) is 5.91 Å². The van der Waals surface area contributed by atoms with Crippen molar-refractivity contribution in [2.24, 2.45) is 39.6 Å². The SMILES string of the molecule is NC(N)=NC(=O)CCCOc1ccc(CC(NC(=O)OCCC23CC4CC(CC(C4)C2)C3)C(=O)O)cc1. The number of hydrogen-bond donors (Lipinski definition) is 4. The molecule has 1 aromatic carbocycles. The highest BCUT2D eigenvalue weighted by molar-refractivity contribution is 5.91. The Bertz CT molecular complexity index is 969. The number of carboxylic acids is 1. The second-order valence-electron chi connectivity index (χ2n) is 11.1. The second-order valence-corrected chi connectivity index (χ2v) is 11.1. The van der Waals surface area contributed by atoms with Crippen molar-refractivity contribution < 1.29 is 29.0 Å². The minimum atomic E-state index is -1.12. The summed E-state index contributed by atoms with van der Waals surface area (Å²) < 4.78 is 11.0. The Kier molecular flexibility index (Phi) is 8.56. The van der Waals surface area contributed by atoms with Crippen LogP contribution >= 0.6 is 0 Å². The number of amides is 2. The van der Waals surface area contributed by atoms with Gasteiger partial charge >= 0.3 is 12.1 Å². The lowest BCUT2D eigenvalue weighted by Gasteiger charge is -2.57. The van der Waals surface area contributed by atoms with E-state index < -0.39 is 24.0 Å². The summed E-state index contributed by atoms with van der Waals surface area (Å²) in [5.74, 6) is 1.32. The Morgan fingerprint density at radius 1 is 1.03 bits per heavy atom. The van der Waals surface area contributed by atoms with Gasteiger partial charge in [-0.3, -0.25) is 4.79 Å². The third-order valence-corrected chi connectivity index (χ3v) is 8.04. The molecular formula is C27H38N4O6. The standard InChI is InChI=1S/C27H38N4O6/c28-25(29)31-23(32)2-1-8-36-21-5-3-17(4-6-21)13-22(24(33)34)30-26(35)37-9-7-27-14-18-10-19(15-27)12-20(11-18)16-27/h3-6,18-20,22H,1-2,7-16H2,(H,30,35)(H,33,34)(H4,28,29,31,32). The number of aliphatic imine (C=N–C) groups is 1. The van der Waals surface area contributed by atoms with Crippen molar-refractivity contribution in [3.8, 4) is 5.75 Å². The number of rotatable bonds is 12. The molecule has 2 amide bonds.